The molecule has 8 amide bonds. The Kier molecular flexibility index (Phi) is 29.5. The Morgan fingerprint density at radius 3 is 1.39 bits per heavy atom. The summed E-state index contributed by atoms with van der Waals surface area (Å²) in [6, 6.07) is 29.0. The van der Waals surface area contributed by atoms with Crippen molar-refractivity contribution in [3.8, 4) is 0 Å². The highest BCUT2D eigenvalue weighted by molar-refractivity contribution is 5.98. The second-order valence-corrected chi connectivity index (χ2v) is 30.9. The van der Waals surface area contributed by atoms with E-state index in [-0.39, 0.29) is 19.3 Å². The standard InChI is InChI=1S/C77H108N10O16/c1-48(100-72(6,7)8)61(66(93)80-56(42-50-32-24-20-25-33-50)64(91)85-62(49(2)101-73(9,10)11)67(94)81-58(68(95)96)46-99-71(3,4)5)84-59(88)44-78-63(90)55(40-41-60(89)102-74(12,13)14)82-69(97)76(18,19)86-65(92)57(83-70(98)103-75(15,16)17)43-54-45-87(47-79-54)77(51-34-26-21-27-35-51,52-36-28-22-29-37-52)53-38-30-23-31-39-53/h20-39,45,47-49,55-58,61-62H,40-44,46H2,1-19H3,(H,78,90)(H,80,93)(H,81,94)(H,82,97)(H,83,98)(H,84,88)(H,85,91)(H,86,92)(H,95,96)/t48-,49-,55+,56+,57+,58+,61+,62+/m1/s1. The lowest BCUT2D eigenvalue weighted by atomic mass is 9.77. The molecular weight excluding hydrogens is 1320 g/mol. The van der Waals surface area contributed by atoms with Gasteiger partial charge in [-0.3, -0.25) is 38.4 Å². The molecule has 0 radical (unpaired) electrons. The van der Waals surface area contributed by atoms with Crippen LogP contribution in [0.2, 0.25) is 0 Å². The molecule has 0 saturated carbocycles. The van der Waals surface area contributed by atoms with Gasteiger partial charge in [-0.2, -0.15) is 0 Å². The molecule has 26 heteroatoms. The van der Waals surface area contributed by atoms with Crippen molar-refractivity contribution < 1.29 is 76.7 Å². The predicted molar refractivity (Wildman–Crippen MR) is 388 cm³/mol. The summed E-state index contributed by atoms with van der Waals surface area (Å²) in [6.45, 7) is 29.9. The van der Waals surface area contributed by atoms with Crippen LogP contribution in [0.4, 0.5) is 4.79 Å². The molecule has 0 aliphatic carbocycles. The number of rotatable bonds is 33. The van der Waals surface area contributed by atoms with Gasteiger partial charge in [0.15, 0.2) is 6.04 Å². The molecule has 0 unspecified atom stereocenters. The summed E-state index contributed by atoms with van der Waals surface area (Å²) in [5.74, 6) is -8.55. The van der Waals surface area contributed by atoms with Crippen LogP contribution >= 0.6 is 0 Å². The van der Waals surface area contributed by atoms with E-state index in [0.29, 0.717) is 11.3 Å². The maximum Gasteiger partial charge on any atom is 0.408 e. The fourth-order valence-corrected chi connectivity index (χ4v) is 11.1. The zero-order chi connectivity index (χ0) is 77.1. The number of aliphatic carboxylic acids is 1. The van der Waals surface area contributed by atoms with Gasteiger partial charge in [0, 0.05) is 25.5 Å². The van der Waals surface area contributed by atoms with Crippen LogP contribution in [0.25, 0.3) is 0 Å². The first kappa shape index (κ1) is 84.1. The van der Waals surface area contributed by atoms with Gasteiger partial charge in [0.05, 0.1) is 54.2 Å². The first-order valence-electron chi connectivity index (χ1n) is 34.5. The lowest BCUT2D eigenvalue weighted by Crippen LogP contribution is -2.63. The molecule has 1 heterocycles. The number of esters is 1. The minimum absolute atomic E-state index is 0.155. The summed E-state index contributed by atoms with van der Waals surface area (Å²) >= 11 is 0. The van der Waals surface area contributed by atoms with E-state index in [0.717, 1.165) is 16.7 Å². The van der Waals surface area contributed by atoms with Crippen molar-refractivity contribution in [2.45, 2.75) is 245 Å². The van der Waals surface area contributed by atoms with E-state index in [1.54, 1.807) is 147 Å². The van der Waals surface area contributed by atoms with E-state index in [9.17, 15) is 53.1 Å². The van der Waals surface area contributed by atoms with Gasteiger partial charge in [-0.25, -0.2) is 14.6 Å². The molecule has 1 aromatic heterocycles. The molecule has 0 bridgehead atoms. The molecule has 26 nitrogen and oxygen atoms in total. The molecule has 0 fully saturated rings. The largest absolute Gasteiger partial charge is 0.480 e. The molecule has 562 valence electrons. The average molecular weight is 1430 g/mol. The minimum Gasteiger partial charge on any atom is -0.480 e. The van der Waals surface area contributed by atoms with Gasteiger partial charge in [-0.05, 0) is 160 Å². The molecule has 0 saturated heterocycles. The second kappa shape index (κ2) is 36.1. The number of carboxylic acids is 1. The van der Waals surface area contributed by atoms with Crippen molar-refractivity contribution in [1.82, 2.24) is 52.1 Å². The number of amides is 8. The third kappa shape index (κ3) is 27.3. The fourth-order valence-electron chi connectivity index (χ4n) is 11.1. The summed E-state index contributed by atoms with van der Waals surface area (Å²) in [7, 11) is 0. The molecule has 4 aromatic carbocycles. The number of benzene rings is 4. The zero-order valence-corrected chi connectivity index (χ0v) is 63.0. The van der Waals surface area contributed by atoms with Gasteiger partial charge in [0.1, 0.15) is 52.5 Å². The highest BCUT2D eigenvalue weighted by Gasteiger charge is 2.42. The van der Waals surface area contributed by atoms with Crippen molar-refractivity contribution >= 4 is 59.4 Å². The summed E-state index contributed by atoms with van der Waals surface area (Å²) in [5, 5.41) is 31.1. The van der Waals surface area contributed by atoms with Crippen LogP contribution < -0.4 is 42.5 Å². The van der Waals surface area contributed by atoms with E-state index in [4.69, 9.17) is 28.7 Å². The Bertz CT molecular complexity index is 3570. The molecular formula is C77H108N10O16. The van der Waals surface area contributed by atoms with E-state index >= 15 is 0 Å². The maximum atomic E-state index is 14.8. The van der Waals surface area contributed by atoms with Gasteiger partial charge >= 0.3 is 18.0 Å². The van der Waals surface area contributed by atoms with Crippen molar-refractivity contribution in [2.75, 3.05) is 13.2 Å². The third-order valence-corrected chi connectivity index (χ3v) is 15.5. The van der Waals surface area contributed by atoms with Crippen LogP contribution in [0.3, 0.4) is 0 Å². The summed E-state index contributed by atoms with van der Waals surface area (Å²) < 4.78 is 31.1. The van der Waals surface area contributed by atoms with Crippen LogP contribution in [0.1, 0.15) is 172 Å². The molecule has 0 aliphatic heterocycles. The van der Waals surface area contributed by atoms with Crippen molar-refractivity contribution in [3.05, 3.63) is 162 Å². The Balaban J connectivity index is 1.42. The second-order valence-electron chi connectivity index (χ2n) is 30.9. The molecule has 0 spiro atoms. The highest BCUT2D eigenvalue weighted by Crippen LogP contribution is 2.41. The van der Waals surface area contributed by atoms with Crippen LogP contribution in [-0.4, -0.2) is 169 Å². The van der Waals surface area contributed by atoms with E-state index in [1.807, 2.05) is 95.6 Å². The Morgan fingerprint density at radius 1 is 0.476 bits per heavy atom. The van der Waals surface area contributed by atoms with Gasteiger partial charge in [-0.1, -0.05) is 121 Å². The number of imidazole rings is 1. The third-order valence-electron chi connectivity index (χ3n) is 15.5. The van der Waals surface area contributed by atoms with E-state index < -0.39 is 166 Å². The molecule has 0 aliphatic rings. The first-order valence-corrected chi connectivity index (χ1v) is 34.5. The number of alkyl carbamates (subject to hydrolysis) is 1. The van der Waals surface area contributed by atoms with Crippen molar-refractivity contribution in [1.29, 1.82) is 0 Å². The van der Waals surface area contributed by atoms with Crippen molar-refractivity contribution in [3.63, 3.8) is 0 Å². The number of aromatic nitrogens is 2. The number of carbonyl (C=O) groups excluding carboxylic acids is 9. The smallest absolute Gasteiger partial charge is 0.408 e. The average Bonchev–Trinajstić information content (AvgIpc) is 1.64. The van der Waals surface area contributed by atoms with Crippen LogP contribution in [0.15, 0.2) is 134 Å². The lowest BCUT2D eigenvalue weighted by molar-refractivity contribution is -0.155. The summed E-state index contributed by atoms with van der Waals surface area (Å²) in [4.78, 5) is 146. The number of carboxylic acid groups (broad SMARTS) is 1. The number of carbonyl (C=O) groups is 10. The van der Waals surface area contributed by atoms with Crippen LogP contribution in [0, 0.1) is 0 Å². The lowest BCUT2D eigenvalue weighted by Gasteiger charge is -2.37. The highest BCUT2D eigenvalue weighted by atomic mass is 16.6. The summed E-state index contributed by atoms with van der Waals surface area (Å²) in [5.41, 5.74) is -3.67. The van der Waals surface area contributed by atoms with E-state index in [2.05, 4.69) is 42.5 Å². The van der Waals surface area contributed by atoms with E-state index in [1.165, 1.54) is 27.7 Å². The minimum atomic E-state index is -1.87. The van der Waals surface area contributed by atoms with Gasteiger partial charge in [0.2, 0.25) is 41.4 Å². The quantitative estimate of drug-likeness (QED) is 0.0147. The topological polar surface area (TPSA) is 351 Å². The molecule has 8 atom stereocenters. The molecule has 5 rings (SSSR count). The number of ether oxygens (including phenoxy) is 5. The van der Waals surface area contributed by atoms with Crippen LogP contribution in [0.5, 0.6) is 0 Å². The Hall–Kier alpha value is -9.53. The number of hydrogen-bond acceptors (Lipinski definition) is 16. The maximum absolute atomic E-state index is 14.8. The first-order chi connectivity index (χ1) is 47.8. The van der Waals surface area contributed by atoms with Crippen LogP contribution in [-0.2, 0) is 85.2 Å². The Morgan fingerprint density at radius 2 is 0.932 bits per heavy atom. The Labute approximate surface area is 605 Å². The predicted octanol–water partition coefficient (Wildman–Crippen LogP) is 7.27. The SMILES string of the molecule is C[C@@H](OC(C)(C)C)[C@H](NC(=O)CNC(=O)[C@H](CCC(=O)OC(C)(C)C)NC(=O)C(C)(C)NC(=O)[C@H](Cc1cn(C(c2ccccc2)(c2ccccc2)c2ccccc2)cn1)NC(=O)OC(C)(C)C)C(=O)N[C@@H](Cc1ccccc1)C(=O)N[C@H](C(=O)N[C@@H](COC(C)(C)C)C(=O)O)[C@@H](C)OC(C)(C)C. The molecule has 9 N–H and O–H groups in total. The molecule has 103 heavy (non-hydrogen) atoms. The number of nitrogens with one attached hydrogen (secondary N) is 8. The number of nitrogens with zero attached hydrogens (tertiary/aromatic N) is 2. The van der Waals surface area contributed by atoms with Gasteiger partial charge in [-0.15, -0.1) is 0 Å². The summed E-state index contributed by atoms with van der Waals surface area (Å²) in [6.07, 6.45) is -0.851. The monoisotopic (exact) mass is 1430 g/mol. The van der Waals surface area contributed by atoms with Gasteiger partial charge in [0.25, 0.3) is 0 Å². The molecule has 5 aromatic rings. The number of hydrogen-bond donors (Lipinski definition) is 9. The fraction of sp³-hybridized carbons (Fsp3) is 0.519. The zero-order valence-electron chi connectivity index (χ0n) is 63.0. The van der Waals surface area contributed by atoms with Crippen molar-refractivity contribution in [2.24, 2.45) is 0 Å². The normalized spacial score (nSPS) is 14.6. The van der Waals surface area contributed by atoms with Gasteiger partial charge < -0.3 is 75.9 Å².